The zero-order chi connectivity index (χ0) is 25.9. The van der Waals surface area contributed by atoms with E-state index in [0.717, 1.165) is 6.07 Å². The number of amides is 4. The van der Waals surface area contributed by atoms with Crippen molar-refractivity contribution in [3.8, 4) is 11.5 Å². The summed E-state index contributed by atoms with van der Waals surface area (Å²) in [6.45, 7) is 5.80. The lowest BCUT2D eigenvalue weighted by molar-refractivity contribution is -0.137. The topological polar surface area (TPSA) is 84.9 Å². The van der Waals surface area contributed by atoms with Crippen LogP contribution < -0.4 is 19.7 Å². The fourth-order valence-corrected chi connectivity index (χ4v) is 3.90. The summed E-state index contributed by atoms with van der Waals surface area (Å²) in [6, 6.07) is 3.98. The highest BCUT2D eigenvalue weighted by molar-refractivity contribution is 9.10. The number of hydrogen-bond donors (Lipinski definition) is 1. The van der Waals surface area contributed by atoms with Crippen molar-refractivity contribution in [2.24, 2.45) is 0 Å². The van der Waals surface area contributed by atoms with Gasteiger partial charge in [-0.3, -0.25) is 14.9 Å². The number of benzene rings is 2. The highest BCUT2D eigenvalue weighted by atomic mass is 79.9. The number of anilines is 1. The van der Waals surface area contributed by atoms with Crippen LogP contribution in [0.25, 0.3) is 6.08 Å². The maximum Gasteiger partial charge on any atom is 0.416 e. The van der Waals surface area contributed by atoms with E-state index in [-0.39, 0.29) is 18.2 Å². The predicted octanol–water partition coefficient (Wildman–Crippen LogP) is 5.75. The third kappa shape index (κ3) is 5.68. The molecule has 0 unspecified atom stereocenters. The molecule has 0 spiro atoms. The number of ether oxygens (including phenoxy) is 2. The smallest absolute Gasteiger partial charge is 0.416 e. The van der Waals surface area contributed by atoms with Gasteiger partial charge in [0, 0.05) is 0 Å². The van der Waals surface area contributed by atoms with Gasteiger partial charge in [0.25, 0.3) is 11.8 Å². The lowest BCUT2D eigenvalue weighted by atomic mass is 10.1. The minimum atomic E-state index is -4.75. The van der Waals surface area contributed by atoms with Crippen LogP contribution in [0.2, 0.25) is 5.02 Å². The van der Waals surface area contributed by atoms with E-state index < -0.39 is 40.8 Å². The number of imide groups is 2. The van der Waals surface area contributed by atoms with Gasteiger partial charge in [0.1, 0.15) is 12.2 Å². The second-order valence-electron chi connectivity index (χ2n) is 6.98. The first-order valence-corrected chi connectivity index (χ1v) is 11.1. The Bertz CT molecular complexity index is 1250. The van der Waals surface area contributed by atoms with E-state index in [1.54, 1.807) is 6.92 Å². The SMILES string of the molecule is C=CCOc1c(Br)cc(/C=C2\C(=O)NC(=O)N(c3cc(C(F)(F)F)ccc3Cl)C2=O)cc1OCC. The minimum Gasteiger partial charge on any atom is -0.490 e. The molecule has 7 nitrogen and oxygen atoms in total. The molecule has 4 amide bonds. The zero-order valence-electron chi connectivity index (χ0n) is 18.0. The van der Waals surface area contributed by atoms with Gasteiger partial charge in [0.2, 0.25) is 0 Å². The van der Waals surface area contributed by atoms with Crippen molar-refractivity contribution in [2.45, 2.75) is 13.1 Å². The molecule has 0 aromatic heterocycles. The lowest BCUT2D eigenvalue weighted by Gasteiger charge is -2.27. The van der Waals surface area contributed by atoms with Crippen molar-refractivity contribution in [2.75, 3.05) is 18.1 Å². The Morgan fingerprint density at radius 3 is 2.51 bits per heavy atom. The number of halogens is 5. The molecular weight excluding hydrogens is 557 g/mol. The fraction of sp³-hybridized carbons (Fsp3) is 0.174. The second kappa shape index (κ2) is 10.5. The predicted molar refractivity (Wildman–Crippen MR) is 126 cm³/mol. The number of alkyl halides is 3. The van der Waals surface area contributed by atoms with Gasteiger partial charge in [-0.05, 0) is 64.8 Å². The molecule has 2 aromatic carbocycles. The van der Waals surface area contributed by atoms with Gasteiger partial charge < -0.3 is 9.47 Å². The van der Waals surface area contributed by atoms with E-state index >= 15 is 0 Å². The van der Waals surface area contributed by atoms with Crippen LogP contribution in [0.15, 0.2) is 53.0 Å². The number of urea groups is 1. The van der Waals surface area contributed by atoms with Gasteiger partial charge in [-0.15, -0.1) is 0 Å². The van der Waals surface area contributed by atoms with Crippen LogP contribution in [0.4, 0.5) is 23.7 Å². The van der Waals surface area contributed by atoms with Crippen LogP contribution in [0.5, 0.6) is 11.5 Å². The van der Waals surface area contributed by atoms with Crippen molar-refractivity contribution < 1.29 is 37.0 Å². The van der Waals surface area contributed by atoms with Crippen molar-refractivity contribution in [3.05, 3.63) is 69.2 Å². The van der Waals surface area contributed by atoms with Crippen LogP contribution in [0.1, 0.15) is 18.1 Å². The molecule has 0 bridgehead atoms. The Hall–Kier alpha value is -3.31. The van der Waals surface area contributed by atoms with Crippen molar-refractivity contribution in [3.63, 3.8) is 0 Å². The minimum absolute atomic E-state index is 0.189. The molecule has 0 atom stereocenters. The van der Waals surface area contributed by atoms with E-state index in [9.17, 15) is 27.6 Å². The fourth-order valence-electron chi connectivity index (χ4n) is 3.12. The van der Waals surface area contributed by atoms with Gasteiger partial charge in [0.15, 0.2) is 11.5 Å². The highest BCUT2D eigenvalue weighted by Gasteiger charge is 2.39. The molecule has 3 rings (SSSR count). The Labute approximate surface area is 211 Å². The average Bonchev–Trinajstić information content (AvgIpc) is 2.76. The Morgan fingerprint density at radius 2 is 1.89 bits per heavy atom. The quantitative estimate of drug-likeness (QED) is 0.259. The molecule has 12 heteroatoms. The Kier molecular flexibility index (Phi) is 7.91. The summed E-state index contributed by atoms with van der Waals surface area (Å²) in [5, 5.41) is 1.66. The van der Waals surface area contributed by atoms with E-state index in [1.165, 1.54) is 24.3 Å². The Balaban J connectivity index is 2.07. The van der Waals surface area contributed by atoms with Crippen LogP contribution in [0.3, 0.4) is 0 Å². The number of nitrogens with one attached hydrogen (secondary N) is 1. The highest BCUT2D eigenvalue weighted by Crippen LogP contribution is 2.39. The summed E-state index contributed by atoms with van der Waals surface area (Å²) in [5.74, 6) is -1.52. The molecule has 2 aromatic rings. The molecule has 1 aliphatic rings. The molecule has 184 valence electrons. The zero-order valence-corrected chi connectivity index (χ0v) is 20.4. The van der Waals surface area contributed by atoms with E-state index in [0.29, 0.717) is 38.6 Å². The van der Waals surface area contributed by atoms with Crippen LogP contribution in [0, 0.1) is 0 Å². The largest absolute Gasteiger partial charge is 0.490 e. The van der Waals surface area contributed by atoms with Crippen LogP contribution in [-0.4, -0.2) is 31.1 Å². The maximum atomic E-state index is 13.2. The third-order valence-corrected chi connectivity index (χ3v) is 5.51. The summed E-state index contributed by atoms with van der Waals surface area (Å²) in [7, 11) is 0. The monoisotopic (exact) mass is 572 g/mol. The maximum absolute atomic E-state index is 13.2. The molecule has 1 saturated heterocycles. The molecule has 1 aliphatic heterocycles. The summed E-state index contributed by atoms with van der Waals surface area (Å²) < 4.78 is 51.2. The first-order valence-electron chi connectivity index (χ1n) is 9.96. The molecule has 1 fully saturated rings. The summed E-state index contributed by atoms with van der Waals surface area (Å²) in [6.07, 6.45) is -2.04. The van der Waals surface area contributed by atoms with Gasteiger partial charge in [-0.2, -0.15) is 13.2 Å². The van der Waals surface area contributed by atoms with Gasteiger partial charge >= 0.3 is 12.2 Å². The van der Waals surface area contributed by atoms with Crippen LogP contribution in [-0.2, 0) is 15.8 Å². The number of rotatable bonds is 7. The number of carbonyl (C=O) groups excluding carboxylic acids is 3. The summed E-state index contributed by atoms with van der Waals surface area (Å²) in [4.78, 5) is 38.4. The average molecular weight is 574 g/mol. The number of nitrogens with zero attached hydrogens (tertiary/aromatic N) is 1. The number of barbiturate groups is 1. The third-order valence-electron chi connectivity index (χ3n) is 4.60. The van der Waals surface area contributed by atoms with Crippen molar-refractivity contribution >= 4 is 57.1 Å². The van der Waals surface area contributed by atoms with Crippen molar-refractivity contribution in [1.82, 2.24) is 5.32 Å². The standard InChI is InChI=1S/C23H17BrClF3N2O5/c1-3-7-35-19-15(24)9-12(10-18(19)34-4-2)8-14-20(31)29-22(33)30(21(14)32)17-11-13(23(26,27)28)5-6-16(17)25/h3,5-6,8-11H,1,4,7H2,2H3,(H,29,31,33)/b14-8+. The van der Waals surface area contributed by atoms with E-state index in [4.69, 9.17) is 21.1 Å². The molecular formula is C23H17BrClF3N2O5. The second-order valence-corrected chi connectivity index (χ2v) is 8.25. The number of hydrogen-bond acceptors (Lipinski definition) is 5. The molecule has 1 N–H and O–H groups in total. The summed E-state index contributed by atoms with van der Waals surface area (Å²) >= 11 is 9.35. The van der Waals surface area contributed by atoms with E-state index in [1.807, 2.05) is 5.32 Å². The van der Waals surface area contributed by atoms with Gasteiger partial charge in [-0.25, -0.2) is 9.69 Å². The normalized spacial score (nSPS) is 15.3. The van der Waals surface area contributed by atoms with E-state index in [2.05, 4.69) is 22.5 Å². The van der Waals surface area contributed by atoms with Crippen molar-refractivity contribution in [1.29, 1.82) is 0 Å². The molecule has 1 heterocycles. The Morgan fingerprint density at radius 1 is 1.17 bits per heavy atom. The first-order chi connectivity index (χ1) is 16.5. The van der Waals surface area contributed by atoms with Gasteiger partial charge in [-0.1, -0.05) is 24.3 Å². The molecule has 0 saturated carbocycles. The summed E-state index contributed by atoms with van der Waals surface area (Å²) in [5.41, 5.74) is -1.84. The molecule has 0 aliphatic carbocycles. The first kappa shape index (κ1) is 26.3. The molecule has 0 radical (unpaired) electrons. The number of carbonyl (C=O) groups is 3. The van der Waals surface area contributed by atoms with Gasteiger partial charge in [0.05, 0.1) is 27.4 Å². The lowest BCUT2D eigenvalue weighted by Crippen LogP contribution is -2.54. The van der Waals surface area contributed by atoms with Crippen LogP contribution >= 0.6 is 27.5 Å². The molecule has 35 heavy (non-hydrogen) atoms.